The van der Waals surface area contributed by atoms with Crippen molar-refractivity contribution in [1.29, 1.82) is 0 Å². The Bertz CT molecular complexity index is 557. The van der Waals surface area contributed by atoms with Gasteiger partial charge in [0.2, 0.25) is 5.91 Å². The van der Waals surface area contributed by atoms with Crippen molar-refractivity contribution >= 4 is 28.5 Å². The van der Waals surface area contributed by atoms with Crippen molar-refractivity contribution in [2.24, 2.45) is 4.99 Å². The fourth-order valence-electron chi connectivity index (χ4n) is 1.98. The Morgan fingerprint density at radius 3 is 2.76 bits per heavy atom. The summed E-state index contributed by atoms with van der Waals surface area (Å²) in [5, 5.41) is 0.472. The van der Waals surface area contributed by atoms with Crippen LogP contribution in [-0.2, 0) is 11.0 Å². The van der Waals surface area contributed by atoms with Crippen LogP contribution >= 0.6 is 11.8 Å². The number of anilines is 1. The van der Waals surface area contributed by atoms with Gasteiger partial charge in [0, 0.05) is 19.2 Å². The molecule has 114 valence electrons. The van der Waals surface area contributed by atoms with Crippen molar-refractivity contribution in [2.45, 2.75) is 25.9 Å². The number of carbonyl (C=O) groups is 1. The van der Waals surface area contributed by atoms with E-state index in [0.717, 1.165) is 30.7 Å². The monoisotopic (exact) mass is 316 g/mol. The smallest absolute Gasteiger partial charge is 0.274 e. The molecular weight excluding hydrogens is 301 g/mol. The minimum Gasteiger partial charge on any atom is -0.274 e. The first-order valence-electron chi connectivity index (χ1n) is 6.55. The summed E-state index contributed by atoms with van der Waals surface area (Å²) < 4.78 is 38.4. The number of thioether (sulfide) groups is 1. The molecule has 0 bridgehead atoms. The number of benzene rings is 1. The molecule has 1 heterocycles. The van der Waals surface area contributed by atoms with E-state index >= 15 is 0 Å². The highest BCUT2D eigenvalue weighted by Crippen LogP contribution is 2.32. The van der Waals surface area contributed by atoms with E-state index < -0.39 is 11.7 Å². The number of hydrogen-bond acceptors (Lipinski definition) is 3. The Morgan fingerprint density at radius 2 is 2.10 bits per heavy atom. The number of amides is 1. The van der Waals surface area contributed by atoms with Gasteiger partial charge >= 0.3 is 6.18 Å². The lowest BCUT2D eigenvalue weighted by Gasteiger charge is -2.22. The summed E-state index contributed by atoms with van der Waals surface area (Å²) in [6, 6.07) is 4.76. The van der Waals surface area contributed by atoms with Gasteiger partial charge in [-0.05, 0) is 31.0 Å². The largest absolute Gasteiger partial charge is 0.416 e. The first kappa shape index (κ1) is 15.9. The van der Waals surface area contributed by atoms with Crippen LogP contribution in [0.4, 0.5) is 18.9 Å². The molecule has 0 spiro atoms. The number of rotatable bonds is 1. The number of nitrogens with zero attached hydrogens (tertiary/aromatic N) is 2. The molecule has 0 fully saturated rings. The van der Waals surface area contributed by atoms with Crippen LogP contribution in [0, 0.1) is 0 Å². The first-order valence-corrected chi connectivity index (χ1v) is 7.53. The molecule has 0 aliphatic carbocycles. The molecule has 1 aromatic carbocycles. The third-order valence-electron chi connectivity index (χ3n) is 2.97. The van der Waals surface area contributed by atoms with Crippen LogP contribution in [0.15, 0.2) is 29.3 Å². The van der Waals surface area contributed by atoms with E-state index in [1.165, 1.54) is 35.7 Å². The highest BCUT2D eigenvalue weighted by Gasteiger charge is 2.31. The number of carbonyl (C=O) groups excluding carboxylic acids is 1. The SMILES string of the molecule is CC(=O)N(C1=NCCCCS1)c1cccc(C(F)(F)F)c1. The molecule has 1 aliphatic rings. The quantitative estimate of drug-likeness (QED) is 0.786. The predicted octanol–water partition coefficient (Wildman–Crippen LogP) is 3.94. The zero-order valence-corrected chi connectivity index (χ0v) is 12.3. The van der Waals surface area contributed by atoms with Crippen LogP contribution in [0.25, 0.3) is 0 Å². The molecule has 0 aromatic heterocycles. The zero-order chi connectivity index (χ0) is 15.5. The van der Waals surface area contributed by atoms with Crippen LogP contribution in [0.1, 0.15) is 25.3 Å². The topological polar surface area (TPSA) is 32.7 Å². The maximum Gasteiger partial charge on any atom is 0.416 e. The van der Waals surface area contributed by atoms with Crippen LogP contribution in [0.3, 0.4) is 0 Å². The predicted molar refractivity (Wildman–Crippen MR) is 78.6 cm³/mol. The molecule has 1 amide bonds. The molecule has 0 saturated heterocycles. The summed E-state index contributed by atoms with van der Waals surface area (Å²) >= 11 is 1.40. The molecule has 0 atom stereocenters. The summed E-state index contributed by atoms with van der Waals surface area (Å²) in [4.78, 5) is 17.4. The summed E-state index contributed by atoms with van der Waals surface area (Å²) in [7, 11) is 0. The standard InChI is InChI=1S/C14H15F3N2OS/c1-10(20)19(13-18-7-2-3-8-21-13)12-6-4-5-11(9-12)14(15,16)17/h4-6,9H,2-3,7-8H2,1H3. The number of alkyl halides is 3. The molecule has 0 unspecified atom stereocenters. The molecular formula is C14H15F3N2OS. The van der Waals surface area contributed by atoms with Crippen molar-refractivity contribution < 1.29 is 18.0 Å². The molecule has 7 heteroatoms. The van der Waals surface area contributed by atoms with E-state index in [1.54, 1.807) is 0 Å². The number of halogens is 3. The highest BCUT2D eigenvalue weighted by molar-refractivity contribution is 8.14. The van der Waals surface area contributed by atoms with Gasteiger partial charge in [-0.25, -0.2) is 0 Å². The summed E-state index contributed by atoms with van der Waals surface area (Å²) in [6.07, 6.45) is -2.53. The molecule has 1 aromatic rings. The maximum atomic E-state index is 12.8. The van der Waals surface area contributed by atoms with Gasteiger partial charge in [0.1, 0.15) is 0 Å². The normalized spacial score (nSPS) is 16.1. The highest BCUT2D eigenvalue weighted by atomic mass is 32.2. The molecule has 1 aliphatic heterocycles. The van der Waals surface area contributed by atoms with Crippen molar-refractivity contribution in [1.82, 2.24) is 0 Å². The van der Waals surface area contributed by atoms with Crippen LogP contribution < -0.4 is 4.90 Å². The number of aliphatic imine (C=N–C) groups is 1. The van der Waals surface area contributed by atoms with Gasteiger partial charge in [-0.15, -0.1) is 0 Å². The summed E-state index contributed by atoms with van der Waals surface area (Å²) in [5.74, 6) is 0.462. The van der Waals surface area contributed by atoms with Gasteiger partial charge in [0.05, 0.1) is 11.3 Å². The van der Waals surface area contributed by atoms with Crippen molar-refractivity contribution in [3.8, 4) is 0 Å². The molecule has 2 rings (SSSR count). The lowest BCUT2D eigenvalue weighted by atomic mass is 10.2. The Labute approximate surface area is 125 Å². The fraction of sp³-hybridized carbons (Fsp3) is 0.429. The maximum absolute atomic E-state index is 12.8. The van der Waals surface area contributed by atoms with Crippen LogP contribution in [0.2, 0.25) is 0 Å². The van der Waals surface area contributed by atoms with Gasteiger partial charge in [0.25, 0.3) is 0 Å². The van der Waals surface area contributed by atoms with E-state index in [1.807, 2.05) is 0 Å². The van der Waals surface area contributed by atoms with Gasteiger partial charge in [-0.2, -0.15) is 13.2 Å². The molecule has 0 N–H and O–H groups in total. The van der Waals surface area contributed by atoms with E-state index in [0.29, 0.717) is 11.7 Å². The molecule has 21 heavy (non-hydrogen) atoms. The van der Waals surface area contributed by atoms with Gasteiger partial charge in [-0.1, -0.05) is 17.8 Å². The van der Waals surface area contributed by atoms with Gasteiger partial charge < -0.3 is 0 Å². The molecule has 0 radical (unpaired) electrons. The minimum atomic E-state index is -4.43. The minimum absolute atomic E-state index is 0.200. The first-order chi connectivity index (χ1) is 9.89. The third kappa shape index (κ3) is 4.00. The van der Waals surface area contributed by atoms with Crippen LogP contribution in [0.5, 0.6) is 0 Å². The second-order valence-corrected chi connectivity index (χ2v) is 5.68. The number of hydrogen-bond donors (Lipinski definition) is 0. The van der Waals surface area contributed by atoms with Crippen LogP contribution in [-0.4, -0.2) is 23.4 Å². The van der Waals surface area contributed by atoms with Crippen molar-refractivity contribution in [2.75, 3.05) is 17.2 Å². The molecule has 0 saturated carbocycles. The van der Waals surface area contributed by atoms with E-state index in [-0.39, 0.29) is 11.6 Å². The van der Waals surface area contributed by atoms with Gasteiger partial charge in [0.15, 0.2) is 5.17 Å². The zero-order valence-electron chi connectivity index (χ0n) is 11.5. The second kappa shape index (κ2) is 6.51. The van der Waals surface area contributed by atoms with Gasteiger partial charge in [-0.3, -0.25) is 14.7 Å². The third-order valence-corrected chi connectivity index (χ3v) is 4.03. The summed E-state index contributed by atoms with van der Waals surface area (Å²) in [6.45, 7) is 1.92. The van der Waals surface area contributed by atoms with Crippen molar-refractivity contribution in [3.05, 3.63) is 29.8 Å². The Morgan fingerprint density at radius 1 is 1.33 bits per heavy atom. The Kier molecular flexibility index (Phi) is 4.92. The molecule has 3 nitrogen and oxygen atoms in total. The average molecular weight is 316 g/mol. The Balaban J connectivity index is 2.39. The average Bonchev–Trinajstić information content (AvgIpc) is 2.67. The lowest BCUT2D eigenvalue weighted by Crippen LogP contribution is -2.33. The van der Waals surface area contributed by atoms with E-state index in [9.17, 15) is 18.0 Å². The lowest BCUT2D eigenvalue weighted by molar-refractivity contribution is -0.137. The number of amidine groups is 1. The van der Waals surface area contributed by atoms with E-state index in [4.69, 9.17) is 0 Å². The summed E-state index contributed by atoms with van der Waals surface area (Å²) in [5.41, 5.74) is -0.573. The fourth-order valence-corrected chi connectivity index (χ4v) is 3.06. The second-order valence-electron chi connectivity index (χ2n) is 4.62. The van der Waals surface area contributed by atoms with E-state index in [2.05, 4.69) is 4.99 Å². The Hall–Kier alpha value is -1.50. The van der Waals surface area contributed by atoms with Crippen molar-refractivity contribution in [3.63, 3.8) is 0 Å².